The van der Waals surface area contributed by atoms with Crippen LogP contribution in [0.5, 0.6) is 0 Å². The van der Waals surface area contributed by atoms with Gasteiger partial charge in [-0.1, -0.05) is 20.3 Å². The van der Waals surface area contributed by atoms with E-state index in [2.05, 4.69) is 11.9 Å². The Morgan fingerprint density at radius 1 is 1.42 bits per heavy atom. The van der Waals surface area contributed by atoms with Crippen LogP contribution in [-0.2, 0) is 11.2 Å². The molecule has 2 unspecified atom stereocenters. The molecule has 0 radical (unpaired) electrons. The lowest BCUT2D eigenvalue weighted by Crippen LogP contribution is -2.46. The fraction of sp³-hybridized carbons (Fsp3) is 0.571. The zero-order chi connectivity index (χ0) is 13.5. The SMILES string of the molecule is CCC(C)C(N)C(=O)N(C)CCc1ccncc1.Cl. The lowest BCUT2D eigenvalue weighted by atomic mass is 9.99. The van der Waals surface area contributed by atoms with Crippen molar-refractivity contribution in [3.8, 4) is 0 Å². The average Bonchev–Trinajstić information content (AvgIpc) is 2.43. The van der Waals surface area contributed by atoms with Gasteiger partial charge < -0.3 is 10.6 Å². The summed E-state index contributed by atoms with van der Waals surface area (Å²) >= 11 is 0. The maximum atomic E-state index is 12.1. The molecule has 1 rings (SSSR count). The number of aromatic nitrogens is 1. The van der Waals surface area contributed by atoms with E-state index in [0.717, 1.165) is 12.8 Å². The summed E-state index contributed by atoms with van der Waals surface area (Å²) < 4.78 is 0. The van der Waals surface area contributed by atoms with E-state index in [4.69, 9.17) is 5.73 Å². The summed E-state index contributed by atoms with van der Waals surface area (Å²) in [5, 5.41) is 0. The van der Waals surface area contributed by atoms with Gasteiger partial charge in [0.05, 0.1) is 6.04 Å². The molecule has 1 aromatic rings. The number of nitrogens with two attached hydrogens (primary N) is 1. The number of amides is 1. The van der Waals surface area contributed by atoms with Crippen molar-refractivity contribution in [3.63, 3.8) is 0 Å². The molecule has 1 heterocycles. The molecule has 1 amide bonds. The molecular formula is C14H24ClN3O. The highest BCUT2D eigenvalue weighted by Crippen LogP contribution is 2.08. The number of carbonyl (C=O) groups excluding carboxylic acids is 1. The monoisotopic (exact) mass is 285 g/mol. The van der Waals surface area contributed by atoms with Gasteiger partial charge in [0.15, 0.2) is 0 Å². The van der Waals surface area contributed by atoms with E-state index in [1.165, 1.54) is 5.56 Å². The lowest BCUT2D eigenvalue weighted by Gasteiger charge is -2.24. The lowest BCUT2D eigenvalue weighted by molar-refractivity contribution is -0.132. The Morgan fingerprint density at radius 2 is 2.00 bits per heavy atom. The summed E-state index contributed by atoms with van der Waals surface area (Å²) in [5.74, 6) is 0.249. The van der Waals surface area contributed by atoms with E-state index in [0.29, 0.717) is 6.54 Å². The van der Waals surface area contributed by atoms with Gasteiger partial charge in [0.25, 0.3) is 0 Å². The topological polar surface area (TPSA) is 59.2 Å². The molecule has 2 N–H and O–H groups in total. The maximum absolute atomic E-state index is 12.1. The van der Waals surface area contributed by atoms with E-state index in [9.17, 15) is 4.79 Å². The minimum atomic E-state index is -0.391. The number of hydrogen-bond donors (Lipinski definition) is 1. The van der Waals surface area contributed by atoms with Crippen molar-refractivity contribution in [2.24, 2.45) is 11.7 Å². The molecule has 0 fully saturated rings. The Kier molecular flexibility index (Phi) is 8.35. The first-order valence-corrected chi connectivity index (χ1v) is 6.45. The average molecular weight is 286 g/mol. The summed E-state index contributed by atoms with van der Waals surface area (Å²) in [5.41, 5.74) is 7.12. The van der Waals surface area contributed by atoms with Crippen LogP contribution in [0.4, 0.5) is 0 Å². The number of likely N-dealkylation sites (N-methyl/N-ethyl adjacent to an activating group) is 1. The molecule has 0 aliphatic heterocycles. The third-order valence-electron chi connectivity index (χ3n) is 3.40. The van der Waals surface area contributed by atoms with Crippen molar-refractivity contribution in [1.82, 2.24) is 9.88 Å². The van der Waals surface area contributed by atoms with Crippen LogP contribution < -0.4 is 5.73 Å². The zero-order valence-corrected chi connectivity index (χ0v) is 12.7. The number of pyridine rings is 1. The Balaban J connectivity index is 0.00000324. The molecule has 0 aromatic carbocycles. The standard InChI is InChI=1S/C14H23N3O.ClH/c1-4-11(2)13(15)14(18)17(3)10-7-12-5-8-16-9-6-12;/h5-6,8-9,11,13H,4,7,10,15H2,1-3H3;1H. The van der Waals surface area contributed by atoms with Crippen LogP contribution in [0.2, 0.25) is 0 Å². The number of carbonyl (C=O) groups is 1. The molecule has 2 atom stereocenters. The van der Waals surface area contributed by atoms with Crippen molar-refractivity contribution in [1.29, 1.82) is 0 Å². The van der Waals surface area contributed by atoms with Crippen LogP contribution in [0.3, 0.4) is 0 Å². The Morgan fingerprint density at radius 3 is 2.53 bits per heavy atom. The molecule has 0 bridgehead atoms. The molecule has 19 heavy (non-hydrogen) atoms. The van der Waals surface area contributed by atoms with Crippen LogP contribution in [-0.4, -0.2) is 35.4 Å². The van der Waals surface area contributed by atoms with Gasteiger partial charge in [-0.05, 0) is 30.0 Å². The maximum Gasteiger partial charge on any atom is 0.239 e. The van der Waals surface area contributed by atoms with Crippen LogP contribution in [0.15, 0.2) is 24.5 Å². The van der Waals surface area contributed by atoms with Crippen LogP contribution in [0.25, 0.3) is 0 Å². The van der Waals surface area contributed by atoms with Gasteiger partial charge in [-0.15, -0.1) is 12.4 Å². The quantitative estimate of drug-likeness (QED) is 0.868. The Bertz CT molecular complexity index is 372. The van der Waals surface area contributed by atoms with Gasteiger partial charge in [-0.25, -0.2) is 0 Å². The summed E-state index contributed by atoms with van der Waals surface area (Å²) in [7, 11) is 1.81. The van der Waals surface area contributed by atoms with Crippen molar-refractivity contribution in [3.05, 3.63) is 30.1 Å². The highest BCUT2D eigenvalue weighted by molar-refractivity contribution is 5.85. The molecule has 5 heteroatoms. The third kappa shape index (κ3) is 5.57. The van der Waals surface area contributed by atoms with Crippen molar-refractivity contribution in [2.45, 2.75) is 32.7 Å². The Hall–Kier alpha value is -1.13. The number of hydrogen-bond acceptors (Lipinski definition) is 3. The minimum Gasteiger partial charge on any atom is -0.344 e. The summed E-state index contributed by atoms with van der Waals surface area (Å²) in [6.07, 6.45) is 5.28. The minimum absolute atomic E-state index is 0. The van der Waals surface area contributed by atoms with Crippen molar-refractivity contribution >= 4 is 18.3 Å². The van der Waals surface area contributed by atoms with Gasteiger partial charge in [-0.2, -0.15) is 0 Å². The van der Waals surface area contributed by atoms with E-state index in [1.54, 1.807) is 17.3 Å². The van der Waals surface area contributed by atoms with Gasteiger partial charge in [0, 0.05) is 26.0 Å². The first kappa shape index (κ1) is 17.9. The number of rotatable bonds is 6. The molecule has 108 valence electrons. The molecule has 0 spiro atoms. The molecule has 4 nitrogen and oxygen atoms in total. The second-order valence-corrected chi connectivity index (χ2v) is 4.78. The molecular weight excluding hydrogens is 262 g/mol. The summed E-state index contributed by atoms with van der Waals surface area (Å²) in [4.78, 5) is 17.7. The number of nitrogens with zero attached hydrogens (tertiary/aromatic N) is 2. The second kappa shape index (κ2) is 8.88. The highest BCUT2D eigenvalue weighted by atomic mass is 35.5. The van der Waals surface area contributed by atoms with Gasteiger partial charge in [-0.3, -0.25) is 9.78 Å². The van der Waals surface area contributed by atoms with Crippen LogP contribution in [0, 0.1) is 5.92 Å². The normalized spacial score (nSPS) is 13.3. The van der Waals surface area contributed by atoms with Gasteiger partial charge >= 0.3 is 0 Å². The predicted octanol–water partition coefficient (Wildman–Crippen LogP) is 1.88. The first-order chi connectivity index (χ1) is 8.56. The molecule has 0 aliphatic carbocycles. The van der Waals surface area contributed by atoms with E-state index in [1.807, 2.05) is 26.1 Å². The largest absolute Gasteiger partial charge is 0.344 e. The molecule has 1 aromatic heterocycles. The van der Waals surface area contributed by atoms with Crippen LogP contribution >= 0.6 is 12.4 Å². The second-order valence-electron chi connectivity index (χ2n) is 4.78. The molecule has 0 aliphatic rings. The highest BCUT2D eigenvalue weighted by Gasteiger charge is 2.22. The zero-order valence-electron chi connectivity index (χ0n) is 11.9. The predicted molar refractivity (Wildman–Crippen MR) is 80.3 cm³/mol. The van der Waals surface area contributed by atoms with E-state index >= 15 is 0 Å². The third-order valence-corrected chi connectivity index (χ3v) is 3.40. The van der Waals surface area contributed by atoms with Crippen molar-refractivity contribution < 1.29 is 4.79 Å². The number of halogens is 1. The summed E-state index contributed by atoms with van der Waals surface area (Å²) in [6.45, 7) is 4.75. The fourth-order valence-electron chi connectivity index (χ4n) is 1.71. The van der Waals surface area contributed by atoms with Crippen molar-refractivity contribution in [2.75, 3.05) is 13.6 Å². The van der Waals surface area contributed by atoms with Crippen LogP contribution in [0.1, 0.15) is 25.8 Å². The summed E-state index contributed by atoms with van der Waals surface area (Å²) in [6, 6.07) is 3.54. The smallest absolute Gasteiger partial charge is 0.239 e. The Labute approximate surface area is 121 Å². The van der Waals surface area contributed by atoms with E-state index < -0.39 is 6.04 Å². The molecule has 0 saturated carbocycles. The van der Waals surface area contributed by atoms with Gasteiger partial charge in [0.2, 0.25) is 5.91 Å². The first-order valence-electron chi connectivity index (χ1n) is 6.45. The molecule has 0 saturated heterocycles. The van der Waals surface area contributed by atoms with E-state index in [-0.39, 0.29) is 24.2 Å². The fourth-order valence-corrected chi connectivity index (χ4v) is 1.71. The van der Waals surface area contributed by atoms with Gasteiger partial charge in [0.1, 0.15) is 0 Å².